The van der Waals surface area contributed by atoms with E-state index in [0.29, 0.717) is 25.9 Å². The van der Waals surface area contributed by atoms with Crippen LogP contribution in [0.5, 0.6) is 0 Å². The molecule has 0 fully saturated rings. The first-order valence-corrected chi connectivity index (χ1v) is 37.3. The van der Waals surface area contributed by atoms with E-state index in [1.165, 1.54) is 366 Å². The topological polar surface area (TPSA) is 95.9 Å². The zero-order valence-corrected chi connectivity index (χ0v) is 54.9. The van der Waals surface area contributed by atoms with E-state index in [2.05, 4.69) is 19.2 Å². The third-order valence-corrected chi connectivity index (χ3v) is 17.9. The van der Waals surface area contributed by atoms with Crippen molar-refractivity contribution in [2.45, 2.75) is 450 Å². The molecule has 0 aromatic heterocycles. The maximum absolute atomic E-state index is 12.5. The van der Waals surface area contributed by atoms with Crippen molar-refractivity contribution in [3.05, 3.63) is 0 Å². The number of carbonyl (C=O) groups is 2. The summed E-state index contributed by atoms with van der Waals surface area (Å²) in [5.74, 6) is -0.00273. The summed E-state index contributed by atoms with van der Waals surface area (Å²) in [5, 5.41) is 23.4. The second-order valence-corrected chi connectivity index (χ2v) is 26.0. The van der Waals surface area contributed by atoms with Crippen molar-refractivity contribution < 1.29 is 24.5 Å². The number of aliphatic hydroxyl groups excluding tert-OH is 2. The molecule has 0 saturated heterocycles. The fraction of sp³-hybridized carbons (Fsp3) is 0.973. The fourth-order valence-corrected chi connectivity index (χ4v) is 12.2. The molecule has 0 aromatic carbocycles. The van der Waals surface area contributed by atoms with Crippen LogP contribution in [0, 0.1) is 0 Å². The molecule has 2 unspecified atom stereocenters. The lowest BCUT2D eigenvalue weighted by Gasteiger charge is -2.22. The summed E-state index contributed by atoms with van der Waals surface area (Å²) in [6.07, 6.45) is 86.0. The van der Waals surface area contributed by atoms with Gasteiger partial charge >= 0.3 is 5.97 Å². The highest BCUT2D eigenvalue weighted by molar-refractivity contribution is 5.76. The van der Waals surface area contributed by atoms with Crippen molar-refractivity contribution in [3.63, 3.8) is 0 Å². The Morgan fingerprint density at radius 1 is 0.300 bits per heavy atom. The molecule has 6 heteroatoms. The van der Waals surface area contributed by atoms with E-state index in [1.807, 2.05) is 0 Å². The van der Waals surface area contributed by atoms with Gasteiger partial charge in [-0.25, -0.2) is 0 Å². The monoisotopic (exact) mass is 1130 g/mol. The molecule has 80 heavy (non-hydrogen) atoms. The number of carbonyl (C=O) groups excluding carboxylic acids is 2. The normalized spacial score (nSPS) is 12.4. The van der Waals surface area contributed by atoms with Gasteiger partial charge in [0.15, 0.2) is 0 Å². The molecule has 0 heterocycles. The lowest BCUT2D eigenvalue weighted by atomic mass is 10.0. The van der Waals surface area contributed by atoms with Crippen LogP contribution in [0.15, 0.2) is 0 Å². The highest BCUT2D eigenvalue weighted by Crippen LogP contribution is 2.20. The van der Waals surface area contributed by atoms with Crippen molar-refractivity contribution in [3.8, 4) is 0 Å². The van der Waals surface area contributed by atoms with Crippen LogP contribution in [0.25, 0.3) is 0 Å². The summed E-state index contributed by atoms with van der Waals surface area (Å²) in [7, 11) is 0. The molecular weight excluding hydrogens is 983 g/mol. The average Bonchev–Trinajstić information content (AvgIpc) is 3.46. The van der Waals surface area contributed by atoms with Crippen molar-refractivity contribution in [1.29, 1.82) is 0 Å². The SMILES string of the molecule is CCCCCCCCCCCCCCCCCCCCCC(O)C(CO)NC(=O)CCCCCCCCCCCCCCCCCCCCCCCCCCCCCCOC(=O)CCCCCCCCCCCCCCCCCC. The summed E-state index contributed by atoms with van der Waals surface area (Å²) in [5.41, 5.74) is 0. The van der Waals surface area contributed by atoms with E-state index < -0.39 is 12.1 Å². The smallest absolute Gasteiger partial charge is 0.305 e. The van der Waals surface area contributed by atoms with Crippen molar-refractivity contribution in [2.75, 3.05) is 13.2 Å². The minimum atomic E-state index is -0.662. The van der Waals surface area contributed by atoms with E-state index in [4.69, 9.17) is 4.74 Å². The summed E-state index contributed by atoms with van der Waals surface area (Å²) in [4.78, 5) is 24.6. The van der Waals surface area contributed by atoms with Gasteiger partial charge in [0.2, 0.25) is 5.91 Å². The standard InChI is InChI=1S/C74H147NO5/c1-3-5-7-9-11-13-15-17-19-21-32-35-38-42-46-50-54-58-62-66-72(77)71(70-76)75-73(78)67-63-59-55-51-47-43-39-36-33-30-28-26-24-22-23-25-27-29-31-34-37-41-45-49-53-57-61-65-69-80-74(79)68-64-60-56-52-48-44-40-20-18-16-14-12-10-8-6-4-2/h71-72,76-77H,3-70H2,1-2H3,(H,75,78). The largest absolute Gasteiger partial charge is 0.466 e. The second-order valence-electron chi connectivity index (χ2n) is 26.0. The minimum Gasteiger partial charge on any atom is -0.466 e. The van der Waals surface area contributed by atoms with Crippen LogP contribution in [0.2, 0.25) is 0 Å². The van der Waals surface area contributed by atoms with Crippen LogP contribution in [0.4, 0.5) is 0 Å². The minimum absolute atomic E-state index is 0.0238. The molecule has 0 aromatic rings. The number of unbranched alkanes of at least 4 members (excludes halogenated alkanes) is 60. The first-order chi connectivity index (χ1) is 39.5. The van der Waals surface area contributed by atoms with Gasteiger partial charge in [0.05, 0.1) is 25.4 Å². The van der Waals surface area contributed by atoms with E-state index in [9.17, 15) is 19.8 Å². The zero-order chi connectivity index (χ0) is 57.8. The Labute approximate surface area is 502 Å². The molecule has 478 valence electrons. The Kier molecular flexibility index (Phi) is 69.3. The summed E-state index contributed by atoms with van der Waals surface area (Å²) >= 11 is 0. The first kappa shape index (κ1) is 78.9. The predicted molar refractivity (Wildman–Crippen MR) is 352 cm³/mol. The number of nitrogens with one attached hydrogen (secondary N) is 1. The van der Waals surface area contributed by atoms with Crippen LogP contribution in [0.3, 0.4) is 0 Å². The number of hydrogen-bond donors (Lipinski definition) is 3. The van der Waals surface area contributed by atoms with Gasteiger partial charge in [0.1, 0.15) is 0 Å². The Bertz CT molecular complexity index is 1160. The summed E-state index contributed by atoms with van der Waals surface area (Å²) in [6.45, 7) is 5.01. The highest BCUT2D eigenvalue weighted by atomic mass is 16.5. The quantitative estimate of drug-likeness (QED) is 0.0417. The first-order valence-electron chi connectivity index (χ1n) is 37.3. The van der Waals surface area contributed by atoms with Gasteiger partial charge in [-0.1, -0.05) is 399 Å². The lowest BCUT2D eigenvalue weighted by Crippen LogP contribution is -2.45. The molecule has 0 aliphatic carbocycles. The Balaban J connectivity index is 3.32. The molecular formula is C74H147NO5. The molecule has 0 aliphatic heterocycles. The summed E-state index contributed by atoms with van der Waals surface area (Å²) < 4.78 is 5.51. The molecule has 6 nitrogen and oxygen atoms in total. The maximum Gasteiger partial charge on any atom is 0.305 e. The fourth-order valence-electron chi connectivity index (χ4n) is 12.2. The summed E-state index contributed by atoms with van der Waals surface area (Å²) in [6, 6.07) is -0.539. The Morgan fingerprint density at radius 2 is 0.512 bits per heavy atom. The second kappa shape index (κ2) is 70.3. The Morgan fingerprint density at radius 3 is 0.762 bits per heavy atom. The molecule has 0 bridgehead atoms. The number of esters is 1. The Hall–Kier alpha value is -1.14. The number of aliphatic hydroxyl groups is 2. The molecule has 3 N–H and O–H groups in total. The molecule has 0 rings (SSSR count). The average molecular weight is 1130 g/mol. The van der Waals surface area contributed by atoms with E-state index >= 15 is 0 Å². The van der Waals surface area contributed by atoms with Gasteiger partial charge in [-0.2, -0.15) is 0 Å². The van der Waals surface area contributed by atoms with Crippen LogP contribution < -0.4 is 5.32 Å². The number of rotatable bonds is 71. The van der Waals surface area contributed by atoms with Crippen molar-refractivity contribution in [2.24, 2.45) is 0 Å². The van der Waals surface area contributed by atoms with Crippen LogP contribution in [-0.4, -0.2) is 47.4 Å². The number of hydrogen-bond acceptors (Lipinski definition) is 5. The van der Waals surface area contributed by atoms with Gasteiger partial charge in [-0.15, -0.1) is 0 Å². The van der Waals surface area contributed by atoms with E-state index in [0.717, 1.165) is 38.5 Å². The highest BCUT2D eigenvalue weighted by Gasteiger charge is 2.20. The van der Waals surface area contributed by atoms with Crippen molar-refractivity contribution in [1.82, 2.24) is 5.32 Å². The van der Waals surface area contributed by atoms with Crippen molar-refractivity contribution >= 4 is 11.9 Å². The van der Waals surface area contributed by atoms with Gasteiger partial charge in [-0.05, 0) is 25.7 Å². The van der Waals surface area contributed by atoms with E-state index in [-0.39, 0.29) is 18.5 Å². The third kappa shape index (κ3) is 66.0. The molecule has 0 radical (unpaired) electrons. The molecule has 0 spiro atoms. The van der Waals surface area contributed by atoms with Gasteiger partial charge in [0, 0.05) is 12.8 Å². The van der Waals surface area contributed by atoms with E-state index in [1.54, 1.807) is 0 Å². The van der Waals surface area contributed by atoms with Crippen LogP contribution >= 0.6 is 0 Å². The number of amides is 1. The molecule has 0 saturated carbocycles. The van der Waals surface area contributed by atoms with Gasteiger partial charge in [0.25, 0.3) is 0 Å². The van der Waals surface area contributed by atoms with Crippen LogP contribution in [0.1, 0.15) is 438 Å². The van der Waals surface area contributed by atoms with Gasteiger partial charge in [-0.3, -0.25) is 9.59 Å². The molecule has 1 amide bonds. The molecule has 0 aliphatic rings. The van der Waals surface area contributed by atoms with Crippen LogP contribution in [-0.2, 0) is 14.3 Å². The third-order valence-electron chi connectivity index (χ3n) is 17.9. The molecule has 2 atom stereocenters. The maximum atomic E-state index is 12.5. The lowest BCUT2D eigenvalue weighted by molar-refractivity contribution is -0.143. The number of ether oxygens (including phenoxy) is 1. The zero-order valence-electron chi connectivity index (χ0n) is 54.9. The van der Waals surface area contributed by atoms with Gasteiger partial charge < -0.3 is 20.3 Å². The predicted octanol–water partition coefficient (Wildman–Crippen LogP) is 24.2.